The molecule has 0 atom stereocenters. The van der Waals surface area contributed by atoms with Gasteiger partial charge in [-0.05, 0) is 17.7 Å². The van der Waals surface area contributed by atoms with Gasteiger partial charge in [-0.25, -0.2) is 0 Å². The molecule has 0 spiro atoms. The molecule has 1 heterocycles. The number of H-pyrrole nitrogens is 1. The molecule has 3 heteroatoms. The Hall–Kier alpha value is -1.77. The topological polar surface area (TPSA) is 42.1 Å². The van der Waals surface area contributed by atoms with Crippen molar-refractivity contribution in [1.29, 1.82) is 0 Å². The molecule has 2 aromatic rings. The lowest BCUT2D eigenvalue weighted by molar-refractivity contribution is -0.139. The van der Waals surface area contributed by atoms with E-state index < -0.39 is 0 Å². The Bertz CT molecular complexity index is 576. The fourth-order valence-electron chi connectivity index (χ4n) is 2.00. The second-order valence-corrected chi connectivity index (χ2v) is 5.56. The molecular formula is C15H19NO2. The zero-order chi connectivity index (χ0) is 13.3. The van der Waals surface area contributed by atoms with Crippen LogP contribution in [-0.4, -0.2) is 18.1 Å². The van der Waals surface area contributed by atoms with Crippen molar-refractivity contribution in [2.45, 2.75) is 32.6 Å². The highest BCUT2D eigenvalue weighted by atomic mass is 16.5. The lowest BCUT2D eigenvalue weighted by atomic mass is 9.92. The predicted octanol–water partition coefficient (Wildman–Crippen LogP) is 3.18. The van der Waals surface area contributed by atoms with Crippen molar-refractivity contribution in [3.8, 4) is 0 Å². The monoisotopic (exact) mass is 245 g/mol. The molecule has 0 saturated carbocycles. The number of benzene rings is 1. The molecule has 1 aromatic carbocycles. The number of aromatic amines is 1. The Morgan fingerprint density at radius 1 is 1.33 bits per heavy atom. The van der Waals surface area contributed by atoms with Crippen molar-refractivity contribution in [3.63, 3.8) is 0 Å². The van der Waals surface area contributed by atoms with Gasteiger partial charge in [0, 0.05) is 22.0 Å². The molecule has 96 valence electrons. The quantitative estimate of drug-likeness (QED) is 0.826. The molecule has 0 bridgehead atoms. The third-order valence-electron chi connectivity index (χ3n) is 3.12. The third-order valence-corrected chi connectivity index (χ3v) is 3.12. The van der Waals surface area contributed by atoms with Crippen molar-refractivity contribution in [3.05, 3.63) is 35.5 Å². The number of carbonyl (C=O) groups excluding carboxylic acids is 1. The summed E-state index contributed by atoms with van der Waals surface area (Å²) in [7, 11) is 1.42. The number of fused-ring (bicyclic) bond motifs is 1. The van der Waals surface area contributed by atoms with Crippen LogP contribution in [0.25, 0.3) is 10.9 Å². The zero-order valence-electron chi connectivity index (χ0n) is 11.3. The second-order valence-electron chi connectivity index (χ2n) is 5.56. The van der Waals surface area contributed by atoms with E-state index in [1.165, 1.54) is 12.8 Å². The summed E-state index contributed by atoms with van der Waals surface area (Å²) in [5, 5.41) is 1.10. The number of hydrogen-bond acceptors (Lipinski definition) is 2. The minimum atomic E-state index is -0.207. The van der Waals surface area contributed by atoms with Crippen LogP contribution in [0.15, 0.2) is 24.3 Å². The summed E-state index contributed by atoms with van der Waals surface area (Å²) in [5.41, 5.74) is 3.32. The van der Waals surface area contributed by atoms with Crippen molar-refractivity contribution in [2.24, 2.45) is 0 Å². The first kappa shape index (κ1) is 12.7. The molecule has 3 nitrogen and oxygen atoms in total. The van der Waals surface area contributed by atoms with Crippen molar-refractivity contribution in [2.75, 3.05) is 7.11 Å². The summed E-state index contributed by atoms with van der Waals surface area (Å²) >= 11 is 0. The van der Waals surface area contributed by atoms with E-state index in [9.17, 15) is 4.79 Å². The number of hydrogen-bond donors (Lipinski definition) is 1. The fraction of sp³-hybridized carbons (Fsp3) is 0.400. The molecule has 0 radical (unpaired) electrons. The van der Waals surface area contributed by atoms with Crippen molar-refractivity contribution in [1.82, 2.24) is 4.98 Å². The molecule has 2 rings (SSSR count). The van der Waals surface area contributed by atoms with Crippen LogP contribution >= 0.6 is 0 Å². The fourth-order valence-corrected chi connectivity index (χ4v) is 2.00. The van der Waals surface area contributed by atoms with Gasteiger partial charge in [-0.2, -0.15) is 0 Å². The number of nitrogens with one attached hydrogen (secondary N) is 1. The molecule has 0 unspecified atom stereocenters. The van der Waals surface area contributed by atoms with Gasteiger partial charge in [-0.15, -0.1) is 0 Å². The first-order valence-corrected chi connectivity index (χ1v) is 6.09. The summed E-state index contributed by atoms with van der Waals surface area (Å²) in [5.74, 6) is -0.207. The van der Waals surface area contributed by atoms with Crippen LogP contribution in [0, 0.1) is 0 Å². The van der Waals surface area contributed by atoms with Gasteiger partial charge in [0.2, 0.25) is 0 Å². The zero-order valence-corrected chi connectivity index (χ0v) is 11.3. The first-order chi connectivity index (χ1) is 8.41. The Labute approximate surface area is 107 Å². The molecule has 0 saturated heterocycles. The number of carbonyl (C=O) groups is 1. The number of esters is 1. The molecule has 1 aromatic heterocycles. The highest BCUT2D eigenvalue weighted by Gasteiger charge is 2.17. The molecule has 0 fully saturated rings. The van der Waals surface area contributed by atoms with Crippen LogP contribution in [0.5, 0.6) is 0 Å². The average molecular weight is 245 g/mol. The van der Waals surface area contributed by atoms with E-state index in [1.54, 1.807) is 0 Å². The normalized spacial score (nSPS) is 11.8. The lowest BCUT2D eigenvalue weighted by Crippen LogP contribution is -2.10. The summed E-state index contributed by atoms with van der Waals surface area (Å²) in [6, 6.07) is 8.10. The maximum atomic E-state index is 11.4. The highest BCUT2D eigenvalue weighted by molar-refractivity contribution is 5.88. The van der Waals surface area contributed by atoms with E-state index in [0.717, 1.165) is 16.5 Å². The minimum Gasteiger partial charge on any atom is -0.469 e. The van der Waals surface area contributed by atoms with Crippen LogP contribution in [0.1, 0.15) is 32.0 Å². The smallest absolute Gasteiger partial charge is 0.310 e. The Morgan fingerprint density at radius 2 is 2.06 bits per heavy atom. The van der Waals surface area contributed by atoms with E-state index >= 15 is 0 Å². The van der Waals surface area contributed by atoms with E-state index in [0.29, 0.717) is 6.42 Å². The van der Waals surface area contributed by atoms with Gasteiger partial charge in [0.05, 0.1) is 13.5 Å². The second kappa shape index (κ2) is 4.48. The van der Waals surface area contributed by atoms with Gasteiger partial charge in [-0.3, -0.25) is 4.79 Å². The first-order valence-electron chi connectivity index (χ1n) is 6.09. The maximum absolute atomic E-state index is 11.4. The van der Waals surface area contributed by atoms with Crippen LogP contribution < -0.4 is 0 Å². The Balaban J connectivity index is 2.49. The SMILES string of the molecule is COC(=O)Cc1cccc2[nH]c(C(C)(C)C)cc12. The molecule has 0 aliphatic carbocycles. The summed E-state index contributed by atoms with van der Waals surface area (Å²) < 4.78 is 4.73. The van der Waals surface area contributed by atoms with Gasteiger partial charge in [-0.1, -0.05) is 32.9 Å². The van der Waals surface area contributed by atoms with Crippen LogP contribution in [-0.2, 0) is 21.4 Å². The average Bonchev–Trinajstić information content (AvgIpc) is 2.73. The molecular weight excluding hydrogens is 226 g/mol. The summed E-state index contributed by atoms with van der Waals surface area (Å²) in [6.07, 6.45) is 0.315. The molecule has 18 heavy (non-hydrogen) atoms. The lowest BCUT2D eigenvalue weighted by Gasteiger charge is -2.15. The number of aromatic nitrogens is 1. The maximum Gasteiger partial charge on any atom is 0.310 e. The van der Waals surface area contributed by atoms with Crippen LogP contribution in [0.4, 0.5) is 0 Å². The van der Waals surface area contributed by atoms with Crippen molar-refractivity contribution < 1.29 is 9.53 Å². The Morgan fingerprint density at radius 3 is 2.67 bits per heavy atom. The summed E-state index contributed by atoms with van der Waals surface area (Å²) in [6.45, 7) is 6.49. The highest BCUT2D eigenvalue weighted by Crippen LogP contribution is 2.27. The largest absolute Gasteiger partial charge is 0.469 e. The third kappa shape index (κ3) is 2.40. The van der Waals surface area contributed by atoms with E-state index in [2.05, 4.69) is 31.8 Å². The van der Waals surface area contributed by atoms with Gasteiger partial charge in [0.15, 0.2) is 0 Å². The molecule has 1 N–H and O–H groups in total. The number of ether oxygens (including phenoxy) is 1. The van der Waals surface area contributed by atoms with Crippen LogP contribution in [0.3, 0.4) is 0 Å². The van der Waals surface area contributed by atoms with E-state index in [4.69, 9.17) is 4.74 Å². The van der Waals surface area contributed by atoms with E-state index in [1.807, 2.05) is 18.2 Å². The van der Waals surface area contributed by atoms with Gasteiger partial charge >= 0.3 is 5.97 Å². The Kier molecular flexibility index (Phi) is 3.16. The van der Waals surface area contributed by atoms with Gasteiger partial charge in [0.25, 0.3) is 0 Å². The molecule has 0 aliphatic rings. The van der Waals surface area contributed by atoms with Gasteiger partial charge in [0.1, 0.15) is 0 Å². The number of methoxy groups -OCH3 is 1. The van der Waals surface area contributed by atoms with E-state index in [-0.39, 0.29) is 11.4 Å². The van der Waals surface area contributed by atoms with Gasteiger partial charge < -0.3 is 9.72 Å². The predicted molar refractivity (Wildman–Crippen MR) is 72.7 cm³/mol. The standard InChI is InChI=1S/C15H19NO2/c1-15(2,3)13-9-11-10(8-14(17)18-4)6-5-7-12(11)16-13/h5-7,9,16H,8H2,1-4H3. The van der Waals surface area contributed by atoms with Crippen LogP contribution in [0.2, 0.25) is 0 Å². The number of rotatable bonds is 2. The minimum absolute atomic E-state index is 0.0710. The summed E-state index contributed by atoms with van der Waals surface area (Å²) in [4.78, 5) is 14.8. The molecule has 0 amide bonds. The van der Waals surface area contributed by atoms with Crippen molar-refractivity contribution >= 4 is 16.9 Å². The molecule has 0 aliphatic heterocycles.